The van der Waals surface area contributed by atoms with Crippen molar-refractivity contribution in [3.8, 4) is 17.5 Å². The molecular weight excluding hydrogens is 417 g/mol. The molecule has 160 valence electrons. The van der Waals surface area contributed by atoms with Crippen molar-refractivity contribution in [2.24, 2.45) is 5.73 Å². The van der Waals surface area contributed by atoms with Crippen molar-refractivity contribution >= 4 is 22.8 Å². The third kappa shape index (κ3) is 4.62. The Morgan fingerprint density at radius 3 is 2.71 bits per heavy atom. The van der Waals surface area contributed by atoms with Gasteiger partial charge in [-0.1, -0.05) is 12.0 Å². The molecule has 12 heteroatoms. The fourth-order valence-corrected chi connectivity index (χ4v) is 2.59. The molecule has 3 N–H and O–H groups in total. The molecular formula is C19H15F3N6O3. The number of rotatable bonds is 4. The highest BCUT2D eigenvalue weighted by Gasteiger charge is 2.35. The highest BCUT2D eigenvalue weighted by Crippen LogP contribution is 2.28. The van der Waals surface area contributed by atoms with E-state index >= 15 is 0 Å². The minimum Gasteiger partial charge on any atom is -0.395 e. The van der Waals surface area contributed by atoms with Gasteiger partial charge >= 0.3 is 6.18 Å². The number of nitrogens with zero attached hydrogens (tertiary/aromatic N) is 5. The largest absolute Gasteiger partial charge is 0.451 e. The molecule has 0 aliphatic heterocycles. The van der Waals surface area contributed by atoms with Crippen molar-refractivity contribution in [2.75, 3.05) is 20.2 Å². The molecule has 0 aliphatic rings. The van der Waals surface area contributed by atoms with Crippen LogP contribution in [-0.2, 0) is 11.0 Å². The van der Waals surface area contributed by atoms with E-state index < -0.39 is 23.8 Å². The average molecular weight is 432 g/mol. The number of primary amides is 1. The predicted octanol–water partition coefficient (Wildman–Crippen LogP) is 0.735. The fraction of sp³-hybridized carbons (Fsp3) is 0.211. The van der Waals surface area contributed by atoms with E-state index in [1.807, 2.05) is 0 Å². The third-order valence-electron chi connectivity index (χ3n) is 4.10. The van der Waals surface area contributed by atoms with Gasteiger partial charge in [0.25, 0.3) is 11.8 Å². The van der Waals surface area contributed by atoms with Crippen LogP contribution in [0.2, 0.25) is 0 Å². The first-order valence-corrected chi connectivity index (χ1v) is 8.73. The summed E-state index contributed by atoms with van der Waals surface area (Å²) in [5.74, 6) is 2.16. The summed E-state index contributed by atoms with van der Waals surface area (Å²) in [6.07, 6.45) is -3.96. The Balaban J connectivity index is 2.09. The summed E-state index contributed by atoms with van der Waals surface area (Å²) in [6.45, 7) is -0.0975. The highest BCUT2D eigenvalue weighted by atomic mass is 19.4. The number of carbonyl (C=O) groups is 2. The lowest BCUT2D eigenvalue weighted by Crippen LogP contribution is -2.28. The number of aromatic nitrogens is 4. The lowest BCUT2D eigenvalue weighted by Gasteiger charge is -2.10. The van der Waals surface area contributed by atoms with E-state index in [2.05, 4.69) is 26.9 Å². The number of fused-ring (bicyclic) bond motifs is 1. The van der Waals surface area contributed by atoms with Crippen molar-refractivity contribution in [2.45, 2.75) is 6.18 Å². The molecule has 0 unspecified atom stereocenters. The van der Waals surface area contributed by atoms with Crippen LogP contribution in [0.3, 0.4) is 0 Å². The maximum absolute atomic E-state index is 13.1. The summed E-state index contributed by atoms with van der Waals surface area (Å²) >= 11 is 0. The number of nitrogens with two attached hydrogens (primary N) is 1. The molecule has 2 amide bonds. The van der Waals surface area contributed by atoms with Gasteiger partial charge in [-0.2, -0.15) is 18.3 Å². The second-order valence-corrected chi connectivity index (χ2v) is 6.30. The maximum Gasteiger partial charge on any atom is 0.451 e. The molecule has 0 saturated heterocycles. The van der Waals surface area contributed by atoms with Crippen LogP contribution in [0.15, 0.2) is 30.5 Å². The van der Waals surface area contributed by atoms with Gasteiger partial charge in [-0.05, 0) is 18.2 Å². The number of carbonyl (C=O) groups excluding carboxylic acids is 2. The van der Waals surface area contributed by atoms with Crippen LogP contribution in [-0.4, -0.2) is 61.8 Å². The van der Waals surface area contributed by atoms with Crippen LogP contribution in [0.5, 0.6) is 0 Å². The smallest absolute Gasteiger partial charge is 0.395 e. The summed E-state index contributed by atoms with van der Waals surface area (Å²) in [5.41, 5.74) is 5.33. The Morgan fingerprint density at radius 1 is 1.32 bits per heavy atom. The standard InChI is InChI=1S/C19H15F3N6O3/c1-27(7-8-29)14(30)6-5-11-3-2-4-12(9-11)28-17-13(15(26-28)16(23)31)10-24-18(25-17)19(20,21)22/h2-4,9-10,29H,7-8H2,1H3,(H2,23,31). The second kappa shape index (κ2) is 8.41. The lowest BCUT2D eigenvalue weighted by atomic mass is 10.2. The molecule has 9 nitrogen and oxygen atoms in total. The van der Waals surface area contributed by atoms with Crippen molar-refractivity contribution < 1.29 is 27.9 Å². The molecule has 0 atom stereocenters. The first-order valence-electron chi connectivity index (χ1n) is 8.73. The number of hydrogen-bond acceptors (Lipinski definition) is 6. The van der Waals surface area contributed by atoms with Gasteiger partial charge < -0.3 is 15.7 Å². The third-order valence-corrected chi connectivity index (χ3v) is 4.10. The van der Waals surface area contributed by atoms with E-state index in [-0.39, 0.29) is 35.6 Å². The van der Waals surface area contributed by atoms with Gasteiger partial charge in [0.05, 0.1) is 17.7 Å². The molecule has 2 aromatic heterocycles. The number of likely N-dealkylation sites (N-methyl/N-ethyl adjacent to an activating group) is 1. The fourth-order valence-electron chi connectivity index (χ4n) is 2.59. The Labute approximate surface area is 173 Å². The lowest BCUT2D eigenvalue weighted by molar-refractivity contribution is -0.144. The van der Waals surface area contributed by atoms with Gasteiger partial charge in [0.15, 0.2) is 11.3 Å². The van der Waals surface area contributed by atoms with Crippen molar-refractivity contribution in [3.05, 3.63) is 47.5 Å². The molecule has 0 aliphatic carbocycles. The SMILES string of the molecule is CN(CCO)C(=O)C#Cc1cccc(-n2nc(C(N)=O)c3cnc(C(F)(F)F)nc32)c1. The summed E-state index contributed by atoms with van der Waals surface area (Å²) in [4.78, 5) is 31.6. The number of hydrogen-bond donors (Lipinski definition) is 2. The quantitative estimate of drug-likeness (QED) is 0.586. The van der Waals surface area contributed by atoms with Crippen LogP contribution in [0.25, 0.3) is 16.7 Å². The zero-order valence-electron chi connectivity index (χ0n) is 16.0. The normalized spacial score (nSPS) is 11.1. The van der Waals surface area contributed by atoms with E-state index in [1.165, 1.54) is 24.1 Å². The minimum absolute atomic E-state index is 0.0437. The number of amides is 2. The van der Waals surface area contributed by atoms with Gasteiger partial charge in [0, 0.05) is 31.3 Å². The van der Waals surface area contributed by atoms with Crippen LogP contribution >= 0.6 is 0 Å². The monoisotopic (exact) mass is 432 g/mol. The predicted molar refractivity (Wildman–Crippen MR) is 102 cm³/mol. The average Bonchev–Trinajstić information content (AvgIpc) is 3.11. The number of aliphatic hydroxyl groups excluding tert-OH is 1. The first-order chi connectivity index (χ1) is 14.6. The van der Waals surface area contributed by atoms with Crippen LogP contribution < -0.4 is 5.73 Å². The van der Waals surface area contributed by atoms with Crippen molar-refractivity contribution in [1.82, 2.24) is 24.6 Å². The summed E-state index contributed by atoms with van der Waals surface area (Å²) < 4.78 is 40.2. The molecule has 3 aromatic rings. The number of aliphatic hydroxyl groups is 1. The summed E-state index contributed by atoms with van der Waals surface area (Å²) in [7, 11) is 1.48. The van der Waals surface area contributed by atoms with E-state index in [4.69, 9.17) is 10.8 Å². The van der Waals surface area contributed by atoms with Crippen LogP contribution in [0, 0.1) is 11.8 Å². The number of halogens is 3. The maximum atomic E-state index is 13.1. The summed E-state index contributed by atoms with van der Waals surface area (Å²) in [6, 6.07) is 6.09. The molecule has 0 radical (unpaired) electrons. The zero-order chi connectivity index (χ0) is 22.8. The molecule has 31 heavy (non-hydrogen) atoms. The van der Waals surface area contributed by atoms with Gasteiger partial charge in [0.1, 0.15) is 0 Å². The van der Waals surface area contributed by atoms with E-state index in [1.54, 1.807) is 12.1 Å². The number of benzene rings is 1. The molecule has 3 rings (SSSR count). The molecule has 0 spiro atoms. The van der Waals surface area contributed by atoms with Crippen LogP contribution in [0.4, 0.5) is 13.2 Å². The Bertz CT molecular complexity index is 1230. The highest BCUT2D eigenvalue weighted by molar-refractivity contribution is 6.03. The van der Waals surface area contributed by atoms with Crippen LogP contribution in [0.1, 0.15) is 21.9 Å². The molecule has 2 heterocycles. The molecule has 0 bridgehead atoms. The summed E-state index contributed by atoms with van der Waals surface area (Å²) in [5, 5.41) is 12.8. The van der Waals surface area contributed by atoms with Crippen molar-refractivity contribution in [1.29, 1.82) is 0 Å². The van der Waals surface area contributed by atoms with Gasteiger partial charge in [-0.25, -0.2) is 14.6 Å². The van der Waals surface area contributed by atoms with Gasteiger partial charge in [-0.3, -0.25) is 9.59 Å². The van der Waals surface area contributed by atoms with E-state index in [0.29, 0.717) is 5.56 Å². The molecule has 0 fully saturated rings. The number of alkyl halides is 3. The zero-order valence-corrected chi connectivity index (χ0v) is 16.0. The first kappa shape index (κ1) is 21.7. The molecule has 0 saturated carbocycles. The second-order valence-electron chi connectivity index (χ2n) is 6.30. The van der Waals surface area contributed by atoms with Gasteiger partial charge in [0.2, 0.25) is 5.82 Å². The molecule has 1 aromatic carbocycles. The van der Waals surface area contributed by atoms with E-state index in [9.17, 15) is 22.8 Å². The van der Waals surface area contributed by atoms with Crippen molar-refractivity contribution in [3.63, 3.8) is 0 Å². The Hall–Kier alpha value is -3.98. The minimum atomic E-state index is -4.80. The topological polar surface area (TPSA) is 127 Å². The Kier molecular flexibility index (Phi) is 5.89. The van der Waals surface area contributed by atoms with Gasteiger partial charge in [-0.15, -0.1) is 0 Å². The Morgan fingerprint density at radius 2 is 2.06 bits per heavy atom. The van der Waals surface area contributed by atoms with E-state index in [0.717, 1.165) is 10.9 Å².